The molecule has 0 aliphatic carbocycles. The maximum atomic E-state index is 12.8. The standard InChI is InChI=1S/C13H19F3N2OS/c1-8-9(6-5-7-10(8)13(14,15)16)11(17)18-20(19)12(2,3)4/h5-7,11,18H,17H2,1-4H3/t11-,20?/m0/s1. The van der Waals surface area contributed by atoms with Crippen LogP contribution in [0.1, 0.15) is 43.6 Å². The molecule has 0 heterocycles. The van der Waals surface area contributed by atoms with Crippen LogP contribution < -0.4 is 10.5 Å². The van der Waals surface area contributed by atoms with Gasteiger partial charge in [-0.15, -0.1) is 4.72 Å². The highest BCUT2D eigenvalue weighted by molar-refractivity contribution is 7.90. The van der Waals surface area contributed by atoms with Crippen molar-refractivity contribution in [1.29, 1.82) is 0 Å². The lowest BCUT2D eigenvalue weighted by Gasteiger charge is -2.27. The molecular weight excluding hydrogens is 289 g/mol. The van der Waals surface area contributed by atoms with Gasteiger partial charge in [0, 0.05) is 11.4 Å². The Morgan fingerprint density at radius 1 is 1.25 bits per heavy atom. The summed E-state index contributed by atoms with van der Waals surface area (Å²) in [5, 5.41) is 0. The van der Waals surface area contributed by atoms with Crippen LogP contribution in [0.15, 0.2) is 18.2 Å². The van der Waals surface area contributed by atoms with Crippen LogP contribution in [0.5, 0.6) is 0 Å². The first-order valence-corrected chi connectivity index (χ1v) is 7.20. The normalized spacial score (nSPS) is 16.1. The third-order valence-electron chi connectivity index (χ3n) is 2.81. The van der Waals surface area contributed by atoms with E-state index in [1.54, 1.807) is 20.8 Å². The second-order valence-electron chi connectivity index (χ2n) is 5.49. The second-order valence-corrected chi connectivity index (χ2v) is 7.49. The summed E-state index contributed by atoms with van der Waals surface area (Å²) < 4.78 is 52.5. The minimum atomic E-state index is -4.43. The Labute approximate surface area is 120 Å². The van der Waals surface area contributed by atoms with Gasteiger partial charge < -0.3 is 10.3 Å². The first-order chi connectivity index (χ1) is 8.94. The highest BCUT2D eigenvalue weighted by Crippen LogP contribution is 2.34. The van der Waals surface area contributed by atoms with Gasteiger partial charge in [0.05, 0.1) is 5.56 Å². The lowest BCUT2D eigenvalue weighted by Crippen LogP contribution is -2.44. The van der Waals surface area contributed by atoms with Gasteiger partial charge in [0.25, 0.3) is 0 Å². The fourth-order valence-electron chi connectivity index (χ4n) is 1.65. The smallest absolute Gasteiger partial charge is 0.416 e. The van der Waals surface area contributed by atoms with Gasteiger partial charge >= 0.3 is 6.18 Å². The van der Waals surface area contributed by atoms with Gasteiger partial charge in [0.1, 0.15) is 10.9 Å². The number of rotatable bonds is 3. The molecule has 0 aliphatic rings. The predicted molar refractivity (Wildman–Crippen MR) is 74.1 cm³/mol. The van der Waals surface area contributed by atoms with Crippen LogP contribution in [0, 0.1) is 6.92 Å². The summed E-state index contributed by atoms with van der Waals surface area (Å²) in [6.45, 7) is 6.62. The van der Waals surface area contributed by atoms with Gasteiger partial charge in [0.2, 0.25) is 0 Å². The summed E-state index contributed by atoms with van der Waals surface area (Å²) in [5.74, 6) is 0. The Balaban J connectivity index is 3.03. The Morgan fingerprint density at radius 2 is 1.80 bits per heavy atom. The average Bonchev–Trinajstić information content (AvgIpc) is 2.26. The van der Waals surface area contributed by atoms with E-state index < -0.39 is 34.0 Å². The summed E-state index contributed by atoms with van der Waals surface area (Å²) >= 11 is -1.46. The van der Waals surface area contributed by atoms with Gasteiger partial charge in [-0.05, 0) is 44.9 Å². The lowest BCUT2D eigenvalue weighted by atomic mass is 10.0. The Morgan fingerprint density at radius 3 is 2.25 bits per heavy atom. The maximum Gasteiger partial charge on any atom is 0.416 e. The van der Waals surface area contributed by atoms with Crippen molar-refractivity contribution >= 4 is 11.4 Å². The lowest BCUT2D eigenvalue weighted by molar-refractivity contribution is -0.138. The molecule has 114 valence electrons. The number of benzene rings is 1. The highest BCUT2D eigenvalue weighted by Gasteiger charge is 2.34. The molecule has 0 aliphatic heterocycles. The van der Waals surface area contributed by atoms with E-state index >= 15 is 0 Å². The zero-order chi connectivity index (χ0) is 15.7. The fourth-order valence-corrected chi connectivity index (χ4v) is 2.36. The maximum absolute atomic E-state index is 12.8. The summed E-state index contributed by atoms with van der Waals surface area (Å²) in [6.07, 6.45) is -5.35. The van der Waals surface area contributed by atoms with Crippen molar-refractivity contribution in [2.45, 2.75) is 44.8 Å². The predicted octanol–water partition coefficient (Wildman–Crippen LogP) is 3.02. The van der Waals surface area contributed by atoms with Crippen molar-refractivity contribution in [3.8, 4) is 0 Å². The van der Waals surface area contributed by atoms with Crippen molar-refractivity contribution in [3.05, 3.63) is 34.9 Å². The molecule has 0 saturated heterocycles. The molecule has 0 saturated carbocycles. The highest BCUT2D eigenvalue weighted by atomic mass is 32.2. The molecular formula is C13H19F3N2OS. The molecule has 0 bridgehead atoms. The van der Waals surface area contributed by atoms with Crippen LogP contribution in [0.2, 0.25) is 0 Å². The van der Waals surface area contributed by atoms with Crippen LogP contribution in [-0.4, -0.2) is 9.30 Å². The van der Waals surface area contributed by atoms with Gasteiger partial charge in [0.15, 0.2) is 0 Å². The summed E-state index contributed by atoms with van der Waals surface area (Å²) in [5.41, 5.74) is 5.44. The van der Waals surface area contributed by atoms with Crippen LogP contribution in [-0.2, 0) is 17.5 Å². The molecule has 20 heavy (non-hydrogen) atoms. The van der Waals surface area contributed by atoms with Gasteiger partial charge in [-0.1, -0.05) is 12.1 Å². The molecule has 3 N–H and O–H groups in total. The fraction of sp³-hybridized carbons (Fsp3) is 0.538. The zero-order valence-electron chi connectivity index (χ0n) is 11.8. The minimum Gasteiger partial charge on any atom is -0.598 e. The Kier molecular flexibility index (Phi) is 5.13. The van der Waals surface area contributed by atoms with Crippen LogP contribution in [0.4, 0.5) is 13.2 Å². The van der Waals surface area contributed by atoms with E-state index in [1.807, 2.05) is 0 Å². The molecule has 1 aromatic carbocycles. The molecule has 2 atom stereocenters. The molecule has 0 radical (unpaired) electrons. The monoisotopic (exact) mass is 308 g/mol. The van der Waals surface area contributed by atoms with Crippen LogP contribution in [0.3, 0.4) is 0 Å². The largest absolute Gasteiger partial charge is 0.598 e. The van der Waals surface area contributed by atoms with Gasteiger partial charge in [-0.3, -0.25) is 0 Å². The molecule has 1 aromatic rings. The topological polar surface area (TPSA) is 61.1 Å². The van der Waals surface area contributed by atoms with E-state index in [4.69, 9.17) is 5.73 Å². The quantitative estimate of drug-likeness (QED) is 0.666. The molecule has 0 fully saturated rings. The first-order valence-electron chi connectivity index (χ1n) is 6.05. The summed E-state index contributed by atoms with van der Waals surface area (Å²) in [7, 11) is 0. The number of halogens is 3. The molecule has 0 aromatic heterocycles. The summed E-state index contributed by atoms with van der Waals surface area (Å²) in [6, 6.07) is 3.81. The third-order valence-corrected chi connectivity index (χ3v) is 4.39. The van der Waals surface area contributed by atoms with E-state index in [9.17, 15) is 17.7 Å². The van der Waals surface area contributed by atoms with Crippen LogP contribution >= 0.6 is 0 Å². The third kappa shape index (κ3) is 4.12. The molecule has 0 amide bonds. The zero-order valence-corrected chi connectivity index (χ0v) is 12.7. The number of alkyl halides is 3. The SMILES string of the molecule is Cc1c([C@@H](N)N[S+]([O-])C(C)(C)C)cccc1C(F)(F)F. The average molecular weight is 308 g/mol. The number of hydrogen-bond acceptors (Lipinski definition) is 3. The van der Waals surface area contributed by atoms with Crippen molar-refractivity contribution in [2.75, 3.05) is 0 Å². The van der Waals surface area contributed by atoms with E-state index in [0.29, 0.717) is 0 Å². The molecule has 3 nitrogen and oxygen atoms in total. The Bertz CT molecular complexity index is 472. The van der Waals surface area contributed by atoms with E-state index in [-0.39, 0.29) is 11.1 Å². The molecule has 1 unspecified atom stereocenters. The van der Waals surface area contributed by atoms with Crippen LogP contribution in [0.25, 0.3) is 0 Å². The van der Waals surface area contributed by atoms with E-state index in [0.717, 1.165) is 6.07 Å². The van der Waals surface area contributed by atoms with Crippen molar-refractivity contribution in [1.82, 2.24) is 4.72 Å². The van der Waals surface area contributed by atoms with E-state index in [1.165, 1.54) is 19.1 Å². The molecule has 0 spiro atoms. The van der Waals surface area contributed by atoms with Crippen molar-refractivity contribution in [2.24, 2.45) is 5.73 Å². The summed E-state index contributed by atoms with van der Waals surface area (Å²) in [4.78, 5) is 0. The molecule has 1 rings (SSSR count). The second kappa shape index (κ2) is 5.93. The van der Waals surface area contributed by atoms with Crippen molar-refractivity contribution < 1.29 is 17.7 Å². The Hall–Kier alpha value is -0.760. The number of hydrogen-bond donors (Lipinski definition) is 2. The van der Waals surface area contributed by atoms with Gasteiger partial charge in [-0.25, -0.2) is 0 Å². The number of nitrogens with two attached hydrogens (primary N) is 1. The van der Waals surface area contributed by atoms with Gasteiger partial charge in [-0.2, -0.15) is 13.2 Å². The molecule has 7 heteroatoms. The number of nitrogens with one attached hydrogen (secondary N) is 1. The first kappa shape index (κ1) is 17.3. The van der Waals surface area contributed by atoms with Crippen molar-refractivity contribution in [3.63, 3.8) is 0 Å². The minimum absolute atomic E-state index is 0.0471. The van der Waals surface area contributed by atoms with E-state index in [2.05, 4.69) is 4.72 Å².